The first-order valence-corrected chi connectivity index (χ1v) is 8.15. The number of carboxylic acid groups (broad SMARTS) is 1. The Balaban J connectivity index is 1.95. The lowest BCUT2D eigenvalue weighted by molar-refractivity contribution is -0.143. The second kappa shape index (κ2) is 6.95. The van der Waals surface area contributed by atoms with Crippen LogP contribution in [-0.4, -0.2) is 65.3 Å². The summed E-state index contributed by atoms with van der Waals surface area (Å²) < 4.78 is 0. The first-order chi connectivity index (χ1) is 10.0. The minimum absolute atomic E-state index is 0.0188. The molecule has 1 aliphatic heterocycles. The van der Waals surface area contributed by atoms with E-state index in [0.717, 1.165) is 4.90 Å². The Hall–Kier alpha value is -1.53. The maximum absolute atomic E-state index is 12.4. The van der Waals surface area contributed by atoms with Gasteiger partial charge in [-0.2, -0.15) is 0 Å². The minimum atomic E-state index is -0.817. The van der Waals surface area contributed by atoms with Gasteiger partial charge in [0, 0.05) is 36.6 Å². The smallest absolute Gasteiger partial charge is 0.320 e. The molecule has 1 amide bonds. The van der Waals surface area contributed by atoms with Crippen LogP contribution in [0.25, 0.3) is 0 Å². The third kappa shape index (κ3) is 3.77. The highest BCUT2D eigenvalue weighted by molar-refractivity contribution is 7.98. The van der Waals surface area contributed by atoms with Crippen LogP contribution in [0.15, 0.2) is 29.2 Å². The molecule has 114 valence electrons. The first-order valence-electron chi connectivity index (χ1n) is 6.93. The Labute approximate surface area is 128 Å². The molecule has 0 spiro atoms. The van der Waals surface area contributed by atoms with E-state index < -0.39 is 12.0 Å². The molecule has 1 aromatic carbocycles. The number of hydrogen-bond donors (Lipinski definition) is 1. The van der Waals surface area contributed by atoms with E-state index in [2.05, 4.69) is 0 Å². The Kier molecular flexibility index (Phi) is 5.25. The Morgan fingerprint density at radius 3 is 2.19 bits per heavy atom. The van der Waals surface area contributed by atoms with Crippen molar-refractivity contribution in [1.82, 2.24) is 9.80 Å². The molecule has 1 saturated heterocycles. The number of carboxylic acids is 1. The number of carbonyl (C=O) groups excluding carboxylic acids is 1. The summed E-state index contributed by atoms with van der Waals surface area (Å²) in [6.07, 6.45) is 2.00. The number of thioether (sulfide) groups is 1. The molecule has 0 bridgehead atoms. The predicted octanol–water partition coefficient (Wildman–Crippen LogP) is 1.64. The summed E-state index contributed by atoms with van der Waals surface area (Å²) in [5.41, 5.74) is 0.688. The number of aliphatic carboxylic acids is 1. The second-order valence-corrected chi connectivity index (χ2v) is 5.95. The van der Waals surface area contributed by atoms with Gasteiger partial charge in [-0.1, -0.05) is 0 Å². The molecule has 1 heterocycles. The number of carbonyl (C=O) groups is 2. The Morgan fingerprint density at radius 2 is 1.71 bits per heavy atom. The van der Waals surface area contributed by atoms with Crippen LogP contribution in [-0.2, 0) is 4.79 Å². The van der Waals surface area contributed by atoms with Crippen molar-refractivity contribution in [2.45, 2.75) is 17.9 Å². The summed E-state index contributed by atoms with van der Waals surface area (Å²) in [5.74, 6) is -0.798. The van der Waals surface area contributed by atoms with Crippen LogP contribution in [0.4, 0.5) is 0 Å². The van der Waals surface area contributed by atoms with Gasteiger partial charge in [-0.3, -0.25) is 14.5 Å². The molecule has 1 N–H and O–H groups in total. The largest absolute Gasteiger partial charge is 0.480 e. The van der Waals surface area contributed by atoms with Gasteiger partial charge in [0.15, 0.2) is 0 Å². The highest BCUT2D eigenvalue weighted by Gasteiger charge is 2.27. The molecule has 1 unspecified atom stereocenters. The van der Waals surface area contributed by atoms with Gasteiger partial charge in [0.2, 0.25) is 0 Å². The molecule has 1 fully saturated rings. The van der Waals surface area contributed by atoms with Crippen LogP contribution in [0, 0.1) is 0 Å². The molecule has 1 aliphatic rings. The normalized spacial score (nSPS) is 17.5. The maximum atomic E-state index is 12.4. The van der Waals surface area contributed by atoms with E-state index in [1.165, 1.54) is 0 Å². The average Bonchev–Trinajstić information content (AvgIpc) is 2.53. The molecule has 0 aliphatic carbocycles. The number of benzene rings is 1. The highest BCUT2D eigenvalue weighted by atomic mass is 32.2. The molecule has 0 aromatic heterocycles. The SMILES string of the molecule is CSc1ccc(C(=O)N2CCN(C(C)C(=O)O)CC2)cc1. The summed E-state index contributed by atoms with van der Waals surface area (Å²) in [4.78, 5) is 28.2. The van der Waals surface area contributed by atoms with Crippen molar-refractivity contribution in [3.05, 3.63) is 29.8 Å². The van der Waals surface area contributed by atoms with Crippen LogP contribution in [0.3, 0.4) is 0 Å². The van der Waals surface area contributed by atoms with Crippen LogP contribution in [0.2, 0.25) is 0 Å². The minimum Gasteiger partial charge on any atom is -0.480 e. The summed E-state index contributed by atoms with van der Waals surface area (Å²) in [5, 5.41) is 9.01. The number of piperazine rings is 1. The third-order valence-corrected chi connectivity index (χ3v) is 4.59. The van der Waals surface area contributed by atoms with Crippen molar-refractivity contribution in [2.24, 2.45) is 0 Å². The van der Waals surface area contributed by atoms with Crippen LogP contribution in [0.1, 0.15) is 17.3 Å². The summed E-state index contributed by atoms with van der Waals surface area (Å²) in [7, 11) is 0. The summed E-state index contributed by atoms with van der Waals surface area (Å²) in [6, 6.07) is 7.09. The fourth-order valence-corrected chi connectivity index (χ4v) is 2.79. The topological polar surface area (TPSA) is 60.9 Å². The molecule has 1 atom stereocenters. The van der Waals surface area contributed by atoms with Gasteiger partial charge < -0.3 is 10.0 Å². The van der Waals surface area contributed by atoms with E-state index in [4.69, 9.17) is 5.11 Å². The van der Waals surface area contributed by atoms with E-state index in [1.807, 2.05) is 35.4 Å². The van der Waals surface area contributed by atoms with Crippen molar-refractivity contribution < 1.29 is 14.7 Å². The second-order valence-electron chi connectivity index (χ2n) is 5.07. The summed E-state index contributed by atoms with van der Waals surface area (Å²) >= 11 is 1.64. The van der Waals surface area contributed by atoms with E-state index >= 15 is 0 Å². The monoisotopic (exact) mass is 308 g/mol. The highest BCUT2D eigenvalue weighted by Crippen LogP contribution is 2.17. The standard InChI is InChI=1S/C15H20N2O3S/c1-11(15(19)20)16-7-9-17(10-8-16)14(18)12-3-5-13(21-2)6-4-12/h3-6,11H,7-10H2,1-2H3,(H,19,20). The van der Waals surface area contributed by atoms with Gasteiger partial charge in [-0.05, 0) is 37.4 Å². The molecular weight excluding hydrogens is 288 g/mol. The van der Waals surface area contributed by atoms with Gasteiger partial charge in [0.25, 0.3) is 5.91 Å². The molecule has 5 nitrogen and oxygen atoms in total. The van der Waals surface area contributed by atoms with Crippen molar-refractivity contribution in [3.8, 4) is 0 Å². The molecule has 0 saturated carbocycles. The molecular formula is C15H20N2O3S. The number of hydrogen-bond acceptors (Lipinski definition) is 4. The Morgan fingerprint density at radius 1 is 1.14 bits per heavy atom. The zero-order chi connectivity index (χ0) is 15.4. The van der Waals surface area contributed by atoms with Crippen molar-refractivity contribution in [2.75, 3.05) is 32.4 Å². The fourth-order valence-electron chi connectivity index (χ4n) is 2.38. The lowest BCUT2D eigenvalue weighted by atomic mass is 10.1. The van der Waals surface area contributed by atoms with E-state index in [0.29, 0.717) is 31.7 Å². The third-order valence-electron chi connectivity index (χ3n) is 3.84. The molecule has 6 heteroatoms. The number of amides is 1. The zero-order valence-electron chi connectivity index (χ0n) is 12.3. The number of rotatable bonds is 4. The van der Waals surface area contributed by atoms with Gasteiger partial charge in [-0.25, -0.2) is 0 Å². The van der Waals surface area contributed by atoms with Crippen LogP contribution >= 0.6 is 11.8 Å². The molecule has 0 radical (unpaired) electrons. The lowest BCUT2D eigenvalue weighted by Crippen LogP contribution is -2.53. The molecule has 21 heavy (non-hydrogen) atoms. The van der Waals surface area contributed by atoms with E-state index in [-0.39, 0.29) is 5.91 Å². The van der Waals surface area contributed by atoms with Crippen molar-refractivity contribution in [3.63, 3.8) is 0 Å². The molecule has 1 aromatic rings. The number of nitrogens with zero attached hydrogens (tertiary/aromatic N) is 2. The van der Waals surface area contributed by atoms with E-state index in [9.17, 15) is 9.59 Å². The summed E-state index contributed by atoms with van der Waals surface area (Å²) in [6.45, 7) is 4.02. The van der Waals surface area contributed by atoms with Crippen LogP contribution in [0.5, 0.6) is 0 Å². The predicted molar refractivity (Wildman–Crippen MR) is 82.8 cm³/mol. The van der Waals surface area contributed by atoms with Gasteiger partial charge in [-0.15, -0.1) is 11.8 Å². The molecule has 2 rings (SSSR count). The van der Waals surface area contributed by atoms with E-state index in [1.54, 1.807) is 23.6 Å². The van der Waals surface area contributed by atoms with Crippen molar-refractivity contribution >= 4 is 23.6 Å². The van der Waals surface area contributed by atoms with Gasteiger partial charge in [0.1, 0.15) is 6.04 Å². The van der Waals surface area contributed by atoms with Crippen LogP contribution < -0.4 is 0 Å². The van der Waals surface area contributed by atoms with Gasteiger partial charge >= 0.3 is 5.97 Å². The average molecular weight is 308 g/mol. The first kappa shape index (κ1) is 15.9. The van der Waals surface area contributed by atoms with Crippen molar-refractivity contribution in [1.29, 1.82) is 0 Å². The quantitative estimate of drug-likeness (QED) is 0.857. The van der Waals surface area contributed by atoms with Gasteiger partial charge in [0.05, 0.1) is 0 Å². The Bertz CT molecular complexity index is 510. The lowest BCUT2D eigenvalue weighted by Gasteiger charge is -2.36. The fraction of sp³-hybridized carbons (Fsp3) is 0.467. The maximum Gasteiger partial charge on any atom is 0.320 e. The zero-order valence-corrected chi connectivity index (χ0v) is 13.1.